The van der Waals surface area contributed by atoms with Gasteiger partial charge in [0.25, 0.3) is 0 Å². The Balaban J connectivity index is 1.60. The van der Waals surface area contributed by atoms with Crippen molar-refractivity contribution < 1.29 is 0 Å². The van der Waals surface area contributed by atoms with E-state index in [2.05, 4.69) is 60.1 Å². The molecule has 124 valence electrons. The van der Waals surface area contributed by atoms with Crippen molar-refractivity contribution in [2.24, 2.45) is 5.92 Å². The van der Waals surface area contributed by atoms with Gasteiger partial charge in [0.1, 0.15) is 0 Å². The highest BCUT2D eigenvalue weighted by Gasteiger charge is 2.21. The maximum atomic E-state index is 4.67. The van der Waals surface area contributed by atoms with Crippen molar-refractivity contribution in [1.82, 2.24) is 19.7 Å². The van der Waals surface area contributed by atoms with Crippen LogP contribution in [0.3, 0.4) is 0 Å². The third kappa shape index (κ3) is 4.20. The number of likely N-dealkylation sites (tertiary alicyclic amines) is 1. The van der Waals surface area contributed by atoms with Gasteiger partial charge >= 0.3 is 0 Å². The van der Waals surface area contributed by atoms with E-state index in [-0.39, 0.29) is 0 Å². The van der Waals surface area contributed by atoms with Gasteiger partial charge in [-0.25, -0.2) is 0 Å². The van der Waals surface area contributed by atoms with Crippen molar-refractivity contribution in [2.75, 3.05) is 13.1 Å². The second kappa shape index (κ2) is 7.26. The van der Waals surface area contributed by atoms with Crippen LogP contribution in [0.25, 0.3) is 0 Å². The molecule has 23 heavy (non-hydrogen) atoms. The Hall–Kier alpha value is -1.68. The Morgan fingerprint density at radius 3 is 2.87 bits per heavy atom. The number of piperidine rings is 1. The summed E-state index contributed by atoms with van der Waals surface area (Å²) in [6.07, 6.45) is 5.92. The van der Waals surface area contributed by atoms with Crippen LogP contribution >= 0.6 is 0 Å². The summed E-state index contributed by atoms with van der Waals surface area (Å²) in [6.45, 7) is 10.7. The lowest BCUT2D eigenvalue weighted by molar-refractivity contribution is 0.166. The average Bonchev–Trinajstić information content (AvgIpc) is 2.88. The molecule has 1 atom stereocenters. The summed E-state index contributed by atoms with van der Waals surface area (Å²) in [5.74, 6) is 0.722. The minimum atomic E-state index is 0.722. The predicted octanol–water partition coefficient (Wildman–Crippen LogP) is 3.37. The van der Waals surface area contributed by atoms with Crippen LogP contribution in [0.4, 0.5) is 0 Å². The molecule has 2 aromatic rings. The molecule has 4 nitrogen and oxygen atoms in total. The van der Waals surface area contributed by atoms with Gasteiger partial charge in [-0.05, 0) is 64.6 Å². The Labute approximate surface area is 139 Å². The summed E-state index contributed by atoms with van der Waals surface area (Å²) < 4.78 is 2.04. The molecule has 3 heterocycles. The van der Waals surface area contributed by atoms with Crippen molar-refractivity contribution in [3.05, 3.63) is 47.0 Å². The van der Waals surface area contributed by atoms with Crippen molar-refractivity contribution in [3.63, 3.8) is 0 Å². The second-order valence-corrected chi connectivity index (χ2v) is 6.81. The number of aromatic nitrogens is 3. The van der Waals surface area contributed by atoms with Gasteiger partial charge in [-0.3, -0.25) is 14.6 Å². The van der Waals surface area contributed by atoms with E-state index in [0.717, 1.165) is 31.1 Å². The van der Waals surface area contributed by atoms with Crippen LogP contribution in [0.15, 0.2) is 24.4 Å². The Bertz CT molecular complexity index is 647. The zero-order valence-corrected chi connectivity index (χ0v) is 14.6. The standard InChI is InChI=1S/C19H28N4/c1-4-23-14-18(16(3)21-23)13-22-10-6-8-17(12-22)11-19-9-5-7-15(2)20-19/h5,7,9,14,17H,4,6,8,10-13H2,1-3H3/t17-/m1/s1. The molecular weight excluding hydrogens is 284 g/mol. The van der Waals surface area contributed by atoms with Crippen LogP contribution in [-0.2, 0) is 19.5 Å². The van der Waals surface area contributed by atoms with Crippen LogP contribution in [0.2, 0.25) is 0 Å². The summed E-state index contributed by atoms with van der Waals surface area (Å²) in [6, 6.07) is 6.37. The zero-order chi connectivity index (χ0) is 16.2. The molecule has 0 unspecified atom stereocenters. The van der Waals surface area contributed by atoms with Crippen molar-refractivity contribution >= 4 is 0 Å². The lowest BCUT2D eigenvalue weighted by Gasteiger charge is -2.32. The van der Waals surface area contributed by atoms with Crippen molar-refractivity contribution in [2.45, 2.75) is 53.1 Å². The zero-order valence-electron chi connectivity index (χ0n) is 14.6. The first-order valence-electron chi connectivity index (χ1n) is 8.82. The minimum Gasteiger partial charge on any atom is -0.299 e. The summed E-state index contributed by atoms with van der Waals surface area (Å²) in [7, 11) is 0. The molecule has 0 aromatic carbocycles. The minimum absolute atomic E-state index is 0.722. The largest absolute Gasteiger partial charge is 0.299 e. The van der Waals surface area contributed by atoms with E-state index in [9.17, 15) is 0 Å². The Morgan fingerprint density at radius 1 is 1.26 bits per heavy atom. The lowest BCUT2D eigenvalue weighted by atomic mass is 9.93. The molecule has 0 spiro atoms. The summed E-state index contributed by atoms with van der Waals surface area (Å²) in [4.78, 5) is 7.26. The summed E-state index contributed by atoms with van der Waals surface area (Å²) >= 11 is 0. The average molecular weight is 312 g/mol. The molecular formula is C19H28N4. The molecule has 4 heteroatoms. The van der Waals surface area contributed by atoms with Crippen LogP contribution in [0, 0.1) is 19.8 Å². The highest BCUT2D eigenvalue weighted by atomic mass is 15.3. The van der Waals surface area contributed by atoms with Crippen LogP contribution in [-0.4, -0.2) is 32.8 Å². The van der Waals surface area contributed by atoms with Gasteiger partial charge in [-0.15, -0.1) is 0 Å². The fourth-order valence-electron chi connectivity index (χ4n) is 3.59. The van der Waals surface area contributed by atoms with Crippen molar-refractivity contribution in [1.29, 1.82) is 0 Å². The third-order valence-corrected chi connectivity index (χ3v) is 4.81. The number of aryl methyl sites for hydroxylation is 3. The van der Waals surface area contributed by atoms with E-state index >= 15 is 0 Å². The molecule has 0 N–H and O–H groups in total. The van der Waals surface area contributed by atoms with Crippen molar-refractivity contribution in [3.8, 4) is 0 Å². The van der Waals surface area contributed by atoms with E-state index in [0.29, 0.717) is 0 Å². The van der Waals surface area contributed by atoms with E-state index < -0.39 is 0 Å². The van der Waals surface area contributed by atoms with Crippen LogP contribution in [0.1, 0.15) is 42.4 Å². The van der Waals surface area contributed by atoms with Gasteiger partial charge in [-0.2, -0.15) is 5.10 Å². The molecule has 3 rings (SSSR count). The highest BCUT2D eigenvalue weighted by Crippen LogP contribution is 2.22. The van der Waals surface area contributed by atoms with Gasteiger partial charge in [0.2, 0.25) is 0 Å². The third-order valence-electron chi connectivity index (χ3n) is 4.81. The molecule has 0 aliphatic carbocycles. The lowest BCUT2D eigenvalue weighted by Crippen LogP contribution is -2.35. The predicted molar refractivity (Wildman–Crippen MR) is 93.3 cm³/mol. The molecule has 2 aromatic heterocycles. The first kappa shape index (κ1) is 16.2. The molecule has 1 aliphatic rings. The van der Waals surface area contributed by atoms with E-state index in [1.165, 1.54) is 42.9 Å². The molecule has 1 fully saturated rings. The second-order valence-electron chi connectivity index (χ2n) is 6.81. The number of pyridine rings is 1. The van der Waals surface area contributed by atoms with Crippen LogP contribution < -0.4 is 0 Å². The number of hydrogen-bond acceptors (Lipinski definition) is 3. The van der Waals surface area contributed by atoms with Gasteiger partial charge in [-0.1, -0.05) is 6.07 Å². The van der Waals surface area contributed by atoms with E-state index in [4.69, 9.17) is 0 Å². The maximum absolute atomic E-state index is 4.67. The fraction of sp³-hybridized carbons (Fsp3) is 0.579. The molecule has 0 radical (unpaired) electrons. The Kier molecular flexibility index (Phi) is 5.11. The highest BCUT2D eigenvalue weighted by molar-refractivity contribution is 5.15. The topological polar surface area (TPSA) is 34.0 Å². The van der Waals surface area contributed by atoms with Gasteiger partial charge in [0, 0.05) is 42.8 Å². The normalized spacial score (nSPS) is 19.2. The maximum Gasteiger partial charge on any atom is 0.0638 e. The monoisotopic (exact) mass is 312 g/mol. The number of hydrogen-bond donors (Lipinski definition) is 0. The van der Waals surface area contributed by atoms with Gasteiger partial charge in [0.05, 0.1) is 5.69 Å². The molecule has 0 bridgehead atoms. The molecule has 0 amide bonds. The SMILES string of the molecule is CCn1cc(CN2CCC[C@H](Cc3cccc(C)n3)C2)c(C)n1. The Morgan fingerprint density at radius 2 is 2.13 bits per heavy atom. The molecule has 1 aliphatic heterocycles. The van der Waals surface area contributed by atoms with E-state index in [1.807, 2.05) is 4.68 Å². The molecule has 1 saturated heterocycles. The number of nitrogens with zero attached hydrogens (tertiary/aromatic N) is 4. The van der Waals surface area contributed by atoms with Crippen LogP contribution in [0.5, 0.6) is 0 Å². The first-order valence-corrected chi connectivity index (χ1v) is 8.82. The van der Waals surface area contributed by atoms with Gasteiger partial charge in [0.15, 0.2) is 0 Å². The first-order chi connectivity index (χ1) is 11.1. The smallest absolute Gasteiger partial charge is 0.0638 e. The van der Waals surface area contributed by atoms with E-state index in [1.54, 1.807) is 0 Å². The summed E-state index contributed by atoms with van der Waals surface area (Å²) in [5.41, 5.74) is 4.92. The number of rotatable bonds is 5. The molecule has 0 saturated carbocycles. The fourth-order valence-corrected chi connectivity index (χ4v) is 3.59. The summed E-state index contributed by atoms with van der Waals surface area (Å²) in [5, 5.41) is 4.57. The quantitative estimate of drug-likeness (QED) is 0.849. The van der Waals surface area contributed by atoms with Gasteiger partial charge < -0.3 is 0 Å².